The highest BCUT2D eigenvalue weighted by Gasteiger charge is 2.26. The topological polar surface area (TPSA) is 111 Å². The smallest absolute Gasteiger partial charge is 0.265 e. The van der Waals surface area contributed by atoms with E-state index in [9.17, 15) is 19.8 Å². The summed E-state index contributed by atoms with van der Waals surface area (Å²) >= 11 is 5.74. The highest BCUT2D eigenvalue weighted by molar-refractivity contribution is 6.32. The van der Waals surface area contributed by atoms with Crippen LogP contribution in [0.3, 0.4) is 0 Å². The van der Waals surface area contributed by atoms with Gasteiger partial charge in [0.05, 0.1) is 16.9 Å². The summed E-state index contributed by atoms with van der Waals surface area (Å²) in [6.45, 7) is -0.364. The molecular weight excluding hydrogens is 362 g/mol. The molecule has 8 nitrogen and oxygen atoms in total. The molecule has 0 bridgehead atoms. The van der Waals surface area contributed by atoms with Crippen molar-refractivity contribution in [2.75, 3.05) is 18.1 Å². The molecule has 3 N–H and O–H groups in total. The van der Waals surface area contributed by atoms with Crippen molar-refractivity contribution in [3.63, 3.8) is 0 Å². The number of benzene rings is 2. The van der Waals surface area contributed by atoms with Crippen molar-refractivity contribution in [1.29, 1.82) is 0 Å². The first-order chi connectivity index (χ1) is 12.5. The minimum atomic E-state index is -0.514. The number of nitrogens with zero attached hydrogens (tertiary/aromatic N) is 2. The standard InChI is InChI=1S/C17H14ClN3O5/c18-11-5-10(6-13(22)17(11)25)7-19-20-15(23)8-21-12-3-1-2-4-14(12)26-9-16(21)24/h1-7,22,25H,8-9H2,(H,20,23)/b19-7+. The van der Waals surface area contributed by atoms with Gasteiger partial charge in [0.2, 0.25) is 0 Å². The van der Waals surface area contributed by atoms with E-state index in [4.69, 9.17) is 16.3 Å². The summed E-state index contributed by atoms with van der Waals surface area (Å²) < 4.78 is 5.31. The molecule has 2 aromatic rings. The predicted octanol–water partition coefficient (Wildman–Crippen LogP) is 1.63. The van der Waals surface area contributed by atoms with Crippen LogP contribution in [0.4, 0.5) is 5.69 Å². The number of phenols is 2. The summed E-state index contributed by atoms with van der Waals surface area (Å²) in [6, 6.07) is 9.52. The van der Waals surface area contributed by atoms with Crippen LogP contribution in [-0.4, -0.2) is 41.4 Å². The fourth-order valence-corrected chi connectivity index (χ4v) is 2.59. The first-order valence-corrected chi connectivity index (χ1v) is 7.89. The predicted molar refractivity (Wildman–Crippen MR) is 94.8 cm³/mol. The van der Waals surface area contributed by atoms with Crippen LogP contribution in [0.25, 0.3) is 0 Å². The third kappa shape index (κ3) is 3.70. The molecule has 0 saturated carbocycles. The van der Waals surface area contributed by atoms with Gasteiger partial charge < -0.3 is 14.9 Å². The van der Waals surface area contributed by atoms with E-state index < -0.39 is 17.4 Å². The number of anilines is 1. The van der Waals surface area contributed by atoms with E-state index in [2.05, 4.69) is 10.5 Å². The molecule has 0 radical (unpaired) electrons. The van der Waals surface area contributed by atoms with Crippen molar-refractivity contribution < 1.29 is 24.5 Å². The molecule has 2 aromatic carbocycles. The number of carbonyl (C=O) groups excluding carboxylic acids is 2. The highest BCUT2D eigenvalue weighted by atomic mass is 35.5. The molecule has 1 aliphatic heterocycles. The Kier molecular flexibility index (Phi) is 4.94. The molecule has 2 amide bonds. The average Bonchev–Trinajstić information content (AvgIpc) is 2.62. The molecule has 0 aromatic heterocycles. The lowest BCUT2D eigenvalue weighted by Crippen LogP contribution is -2.44. The molecule has 0 spiro atoms. The number of hydrogen-bond acceptors (Lipinski definition) is 6. The molecule has 26 heavy (non-hydrogen) atoms. The van der Waals surface area contributed by atoms with Crippen LogP contribution in [-0.2, 0) is 9.59 Å². The quantitative estimate of drug-likeness (QED) is 0.427. The molecule has 0 saturated heterocycles. The van der Waals surface area contributed by atoms with E-state index in [-0.39, 0.29) is 24.1 Å². The molecule has 3 rings (SSSR count). The second-order valence-corrected chi connectivity index (χ2v) is 5.81. The minimum Gasteiger partial charge on any atom is -0.504 e. The fraction of sp³-hybridized carbons (Fsp3) is 0.118. The largest absolute Gasteiger partial charge is 0.504 e. The van der Waals surface area contributed by atoms with Crippen LogP contribution in [0.15, 0.2) is 41.5 Å². The van der Waals surface area contributed by atoms with Gasteiger partial charge in [0.25, 0.3) is 11.8 Å². The van der Waals surface area contributed by atoms with Crippen molar-refractivity contribution in [2.24, 2.45) is 5.10 Å². The van der Waals surface area contributed by atoms with Crippen molar-refractivity contribution in [2.45, 2.75) is 0 Å². The molecule has 0 aliphatic carbocycles. The molecule has 0 unspecified atom stereocenters. The Bertz CT molecular complexity index is 877. The average molecular weight is 376 g/mol. The van der Waals surface area contributed by atoms with Crippen LogP contribution in [0.2, 0.25) is 5.02 Å². The zero-order valence-corrected chi connectivity index (χ0v) is 14.1. The van der Waals surface area contributed by atoms with Crippen LogP contribution >= 0.6 is 11.6 Å². The number of halogens is 1. The van der Waals surface area contributed by atoms with Gasteiger partial charge in [-0.1, -0.05) is 23.7 Å². The summed E-state index contributed by atoms with van der Waals surface area (Å²) in [5, 5.41) is 22.6. The van der Waals surface area contributed by atoms with Crippen molar-refractivity contribution >= 4 is 35.3 Å². The van der Waals surface area contributed by atoms with E-state index >= 15 is 0 Å². The van der Waals surface area contributed by atoms with Gasteiger partial charge in [-0.05, 0) is 29.8 Å². The number of hydrazone groups is 1. The van der Waals surface area contributed by atoms with Crippen LogP contribution in [0.5, 0.6) is 17.2 Å². The van der Waals surface area contributed by atoms with Gasteiger partial charge in [-0.2, -0.15) is 5.10 Å². The minimum absolute atomic E-state index is 0.0479. The Labute approximate surface area is 153 Å². The van der Waals surface area contributed by atoms with Gasteiger partial charge in [-0.15, -0.1) is 0 Å². The number of amides is 2. The lowest BCUT2D eigenvalue weighted by molar-refractivity contribution is -0.125. The zero-order valence-electron chi connectivity index (χ0n) is 13.3. The van der Waals surface area contributed by atoms with Crippen molar-refractivity contribution in [1.82, 2.24) is 5.43 Å². The van der Waals surface area contributed by atoms with Crippen molar-refractivity contribution in [3.8, 4) is 17.2 Å². The summed E-state index contributed by atoms with van der Waals surface area (Å²) in [6.07, 6.45) is 1.25. The first kappa shape index (κ1) is 17.6. The van der Waals surface area contributed by atoms with Gasteiger partial charge in [0, 0.05) is 0 Å². The number of rotatable bonds is 4. The summed E-state index contributed by atoms with van der Waals surface area (Å²) in [5.74, 6) is -1.16. The SMILES string of the molecule is O=C(CN1C(=O)COc2ccccc21)N/N=C/c1cc(O)c(O)c(Cl)c1. The number of phenolic OH excluding ortho intramolecular Hbond substituents is 2. The van der Waals surface area contributed by atoms with E-state index in [0.717, 1.165) is 0 Å². The molecule has 1 aliphatic rings. The van der Waals surface area contributed by atoms with E-state index in [0.29, 0.717) is 17.0 Å². The Balaban J connectivity index is 1.65. The Morgan fingerprint density at radius 2 is 2.12 bits per heavy atom. The number of carbonyl (C=O) groups is 2. The fourth-order valence-electron chi connectivity index (χ4n) is 2.36. The molecular formula is C17H14ClN3O5. The number of fused-ring (bicyclic) bond motifs is 1. The summed E-state index contributed by atoms with van der Waals surface area (Å²) in [4.78, 5) is 25.4. The number of ether oxygens (including phenoxy) is 1. The molecule has 9 heteroatoms. The second-order valence-electron chi connectivity index (χ2n) is 5.40. The number of para-hydroxylation sites is 2. The van der Waals surface area contributed by atoms with Crippen LogP contribution in [0, 0.1) is 0 Å². The number of hydrogen-bond donors (Lipinski definition) is 3. The molecule has 0 fully saturated rings. The first-order valence-electron chi connectivity index (χ1n) is 7.51. The molecule has 1 heterocycles. The Morgan fingerprint density at radius 1 is 1.35 bits per heavy atom. The van der Waals surface area contributed by atoms with Crippen LogP contribution < -0.4 is 15.1 Å². The maximum atomic E-state index is 12.1. The van der Waals surface area contributed by atoms with Gasteiger partial charge in [0.1, 0.15) is 12.3 Å². The zero-order chi connectivity index (χ0) is 18.7. The number of nitrogens with one attached hydrogen (secondary N) is 1. The lowest BCUT2D eigenvalue weighted by Gasteiger charge is -2.28. The van der Waals surface area contributed by atoms with Crippen molar-refractivity contribution in [3.05, 3.63) is 47.0 Å². The Hall–Kier alpha value is -3.26. The van der Waals surface area contributed by atoms with Gasteiger partial charge in [-0.25, -0.2) is 5.43 Å². The Morgan fingerprint density at radius 3 is 2.88 bits per heavy atom. The summed E-state index contributed by atoms with van der Waals surface area (Å²) in [7, 11) is 0. The highest BCUT2D eigenvalue weighted by Crippen LogP contribution is 2.33. The summed E-state index contributed by atoms with van der Waals surface area (Å²) in [5.41, 5.74) is 3.18. The number of aromatic hydroxyl groups is 2. The van der Waals surface area contributed by atoms with E-state index in [1.165, 1.54) is 23.2 Å². The van der Waals surface area contributed by atoms with Gasteiger partial charge in [0.15, 0.2) is 18.1 Å². The molecule has 0 atom stereocenters. The van der Waals surface area contributed by atoms with Gasteiger partial charge >= 0.3 is 0 Å². The maximum absolute atomic E-state index is 12.1. The van der Waals surface area contributed by atoms with E-state index in [1.54, 1.807) is 24.3 Å². The monoisotopic (exact) mass is 375 g/mol. The third-order valence-electron chi connectivity index (χ3n) is 3.58. The van der Waals surface area contributed by atoms with E-state index in [1.807, 2.05) is 0 Å². The molecule has 134 valence electrons. The van der Waals surface area contributed by atoms with Crippen LogP contribution in [0.1, 0.15) is 5.56 Å². The third-order valence-corrected chi connectivity index (χ3v) is 3.87. The maximum Gasteiger partial charge on any atom is 0.265 e. The second kappa shape index (κ2) is 7.32. The normalized spacial score (nSPS) is 13.4. The lowest BCUT2D eigenvalue weighted by atomic mass is 10.2. The van der Waals surface area contributed by atoms with Gasteiger partial charge in [-0.3, -0.25) is 14.5 Å².